The molecule has 0 saturated heterocycles. The van der Waals surface area contributed by atoms with E-state index in [1.165, 1.54) is 0 Å². The fraction of sp³-hybridized carbons (Fsp3) is 0.222. The van der Waals surface area contributed by atoms with E-state index in [2.05, 4.69) is 0 Å². The van der Waals surface area contributed by atoms with Gasteiger partial charge in [-0.2, -0.15) is 0 Å². The number of carbonyl (C=O) groups excluding carboxylic acids is 1. The van der Waals surface area contributed by atoms with Gasteiger partial charge in [0, 0.05) is 0 Å². The normalized spacial score (nSPS) is 14.2. The minimum Gasteiger partial charge on any atom is -0.485 e. The molecule has 1 N–H and O–H groups in total. The van der Waals surface area contributed by atoms with Crippen LogP contribution >= 0.6 is 0 Å². The van der Waals surface area contributed by atoms with Crippen LogP contribution in [0, 0.1) is 0 Å². The molecule has 1 aliphatic heterocycles. The Kier molecular flexibility index (Phi) is 1.59. The van der Waals surface area contributed by atoms with E-state index in [0.29, 0.717) is 11.3 Å². The minimum absolute atomic E-state index is 0.0136. The Morgan fingerprint density at radius 2 is 2.33 bits per heavy atom. The molecule has 1 aromatic carbocycles. The molecule has 2 rings (SSSR count). The number of hydrogen-bond acceptors (Lipinski definition) is 3. The maximum atomic E-state index is 11.1. The van der Waals surface area contributed by atoms with Gasteiger partial charge in [-0.15, -0.1) is 0 Å². The Labute approximate surface area is 69.6 Å². The van der Waals surface area contributed by atoms with Crippen molar-refractivity contribution < 1.29 is 14.6 Å². The number of benzene rings is 1. The second-order valence-electron chi connectivity index (χ2n) is 2.70. The molecule has 0 fully saturated rings. The summed E-state index contributed by atoms with van der Waals surface area (Å²) in [6.07, 6.45) is 0. The van der Waals surface area contributed by atoms with Gasteiger partial charge in [-0.3, -0.25) is 4.79 Å². The number of fused-ring (bicyclic) bond motifs is 1. The van der Waals surface area contributed by atoms with Gasteiger partial charge in [0.1, 0.15) is 5.75 Å². The van der Waals surface area contributed by atoms with Crippen LogP contribution in [-0.2, 0) is 6.61 Å². The molecule has 0 saturated carbocycles. The number of ketones is 1. The van der Waals surface area contributed by atoms with E-state index in [4.69, 9.17) is 9.84 Å². The summed E-state index contributed by atoms with van der Waals surface area (Å²) < 4.78 is 5.08. The molecule has 0 unspecified atom stereocenters. The molecule has 0 atom stereocenters. The fourth-order valence-electron chi connectivity index (χ4n) is 1.24. The van der Waals surface area contributed by atoms with Crippen molar-refractivity contribution in [1.29, 1.82) is 0 Å². The van der Waals surface area contributed by atoms with Crippen LogP contribution in [0.3, 0.4) is 0 Å². The zero-order chi connectivity index (χ0) is 8.55. The van der Waals surface area contributed by atoms with Crippen molar-refractivity contribution in [2.45, 2.75) is 6.61 Å². The molecule has 1 heterocycles. The quantitative estimate of drug-likeness (QED) is 0.666. The highest BCUT2D eigenvalue weighted by Crippen LogP contribution is 2.25. The lowest BCUT2D eigenvalue weighted by Crippen LogP contribution is -1.99. The first-order valence-corrected chi connectivity index (χ1v) is 3.71. The third-order valence-corrected chi connectivity index (χ3v) is 1.89. The Balaban J connectivity index is 2.50. The molecule has 0 aliphatic carbocycles. The van der Waals surface area contributed by atoms with E-state index in [1.807, 2.05) is 0 Å². The summed E-state index contributed by atoms with van der Waals surface area (Å²) in [4.78, 5) is 11.1. The van der Waals surface area contributed by atoms with Crippen LogP contribution < -0.4 is 4.74 Å². The predicted molar refractivity (Wildman–Crippen MR) is 42.2 cm³/mol. The van der Waals surface area contributed by atoms with Crippen LogP contribution in [0.5, 0.6) is 5.75 Å². The number of aliphatic hydroxyl groups excluding tert-OH is 1. The topological polar surface area (TPSA) is 46.5 Å². The summed E-state index contributed by atoms with van der Waals surface area (Å²) in [5, 5.41) is 8.80. The van der Waals surface area contributed by atoms with Gasteiger partial charge in [0.2, 0.25) is 5.78 Å². The van der Waals surface area contributed by atoms with Gasteiger partial charge in [-0.05, 0) is 17.7 Å². The first-order chi connectivity index (χ1) is 5.81. The van der Waals surface area contributed by atoms with Crippen molar-refractivity contribution in [3.05, 3.63) is 29.3 Å². The lowest BCUT2D eigenvalue weighted by molar-refractivity contribution is 0.0961. The smallest absolute Gasteiger partial charge is 0.203 e. The number of aliphatic hydroxyl groups is 1. The van der Waals surface area contributed by atoms with Gasteiger partial charge in [-0.25, -0.2) is 0 Å². The van der Waals surface area contributed by atoms with E-state index in [9.17, 15) is 4.79 Å². The van der Waals surface area contributed by atoms with Crippen LogP contribution in [-0.4, -0.2) is 17.5 Å². The fourth-order valence-corrected chi connectivity index (χ4v) is 1.24. The summed E-state index contributed by atoms with van der Waals surface area (Å²) in [5.41, 5.74) is 1.33. The summed E-state index contributed by atoms with van der Waals surface area (Å²) in [5.74, 6) is 0.609. The average Bonchev–Trinajstić information content (AvgIpc) is 2.47. The highest BCUT2D eigenvalue weighted by atomic mass is 16.5. The Bertz CT molecular complexity index is 331. The molecule has 1 aliphatic rings. The number of ether oxygens (including phenoxy) is 1. The average molecular weight is 164 g/mol. The number of Topliss-reactive ketones (excluding diaryl/α,β-unsaturated/α-hetero) is 1. The van der Waals surface area contributed by atoms with E-state index in [-0.39, 0.29) is 19.0 Å². The Morgan fingerprint density at radius 3 is 3.08 bits per heavy atom. The molecule has 0 radical (unpaired) electrons. The third kappa shape index (κ3) is 0.987. The van der Waals surface area contributed by atoms with Crippen molar-refractivity contribution in [1.82, 2.24) is 0 Å². The zero-order valence-electron chi connectivity index (χ0n) is 6.41. The Hall–Kier alpha value is -1.35. The van der Waals surface area contributed by atoms with Crippen molar-refractivity contribution in [3.63, 3.8) is 0 Å². The van der Waals surface area contributed by atoms with Gasteiger partial charge in [0.15, 0.2) is 6.61 Å². The SMILES string of the molecule is O=C1COc2ccc(CO)cc21. The van der Waals surface area contributed by atoms with Gasteiger partial charge >= 0.3 is 0 Å². The summed E-state index contributed by atoms with van der Waals surface area (Å²) in [7, 11) is 0. The first-order valence-electron chi connectivity index (χ1n) is 3.71. The number of carbonyl (C=O) groups is 1. The lowest BCUT2D eigenvalue weighted by Gasteiger charge is -1.98. The summed E-state index contributed by atoms with van der Waals surface area (Å²) in [6, 6.07) is 5.13. The third-order valence-electron chi connectivity index (χ3n) is 1.89. The minimum atomic E-state index is -0.0411. The molecule has 3 nitrogen and oxygen atoms in total. The van der Waals surface area contributed by atoms with Crippen molar-refractivity contribution in [2.75, 3.05) is 6.61 Å². The molecule has 1 aromatic rings. The molecule has 0 spiro atoms. The largest absolute Gasteiger partial charge is 0.485 e. The van der Waals surface area contributed by atoms with Gasteiger partial charge < -0.3 is 9.84 Å². The molecule has 3 heteroatoms. The molecular weight excluding hydrogens is 156 g/mol. The van der Waals surface area contributed by atoms with Crippen molar-refractivity contribution in [3.8, 4) is 5.75 Å². The Morgan fingerprint density at radius 1 is 1.50 bits per heavy atom. The van der Waals surface area contributed by atoms with E-state index >= 15 is 0 Å². The predicted octanol–water partition coefficient (Wildman–Crippen LogP) is 0.754. The van der Waals surface area contributed by atoms with Gasteiger partial charge in [0.25, 0.3) is 0 Å². The maximum absolute atomic E-state index is 11.1. The second-order valence-corrected chi connectivity index (χ2v) is 2.70. The number of hydrogen-bond donors (Lipinski definition) is 1. The summed E-state index contributed by atoms with van der Waals surface area (Å²) >= 11 is 0. The van der Waals surface area contributed by atoms with Crippen molar-refractivity contribution in [2.24, 2.45) is 0 Å². The lowest BCUT2D eigenvalue weighted by atomic mass is 10.1. The van der Waals surface area contributed by atoms with E-state index in [1.54, 1.807) is 18.2 Å². The van der Waals surface area contributed by atoms with Gasteiger partial charge in [0.05, 0.1) is 12.2 Å². The van der Waals surface area contributed by atoms with Crippen LogP contribution in [0.1, 0.15) is 15.9 Å². The van der Waals surface area contributed by atoms with E-state index in [0.717, 1.165) is 5.56 Å². The second kappa shape index (κ2) is 2.60. The zero-order valence-corrected chi connectivity index (χ0v) is 6.41. The van der Waals surface area contributed by atoms with Crippen LogP contribution in [0.2, 0.25) is 0 Å². The molecule has 0 bridgehead atoms. The molecule has 62 valence electrons. The first kappa shape index (κ1) is 7.31. The number of rotatable bonds is 1. The van der Waals surface area contributed by atoms with Crippen LogP contribution in [0.25, 0.3) is 0 Å². The molecule has 12 heavy (non-hydrogen) atoms. The molecular formula is C9H8O3. The highest BCUT2D eigenvalue weighted by Gasteiger charge is 2.20. The van der Waals surface area contributed by atoms with Crippen molar-refractivity contribution >= 4 is 5.78 Å². The highest BCUT2D eigenvalue weighted by molar-refractivity contribution is 6.02. The molecule has 0 amide bonds. The monoisotopic (exact) mass is 164 g/mol. The van der Waals surface area contributed by atoms with E-state index < -0.39 is 0 Å². The van der Waals surface area contributed by atoms with Crippen LogP contribution in [0.15, 0.2) is 18.2 Å². The van der Waals surface area contributed by atoms with Crippen LogP contribution in [0.4, 0.5) is 0 Å². The summed E-state index contributed by atoms with van der Waals surface area (Å²) in [6.45, 7) is 0.0881. The maximum Gasteiger partial charge on any atom is 0.203 e. The van der Waals surface area contributed by atoms with Gasteiger partial charge in [-0.1, -0.05) is 6.07 Å². The standard InChI is InChI=1S/C9H8O3/c10-4-6-1-2-9-7(3-6)8(11)5-12-9/h1-3,10H,4-5H2. The molecule has 0 aromatic heterocycles.